The molecule has 0 spiro atoms. The van der Waals surface area contributed by atoms with Gasteiger partial charge in [-0.25, -0.2) is 4.79 Å². The van der Waals surface area contributed by atoms with Crippen LogP contribution in [0.25, 0.3) is 0 Å². The van der Waals surface area contributed by atoms with E-state index in [2.05, 4.69) is 4.98 Å². The monoisotopic (exact) mass is 302 g/mol. The van der Waals surface area contributed by atoms with Crippen molar-refractivity contribution in [2.75, 3.05) is 0 Å². The lowest BCUT2D eigenvalue weighted by molar-refractivity contribution is 0.0939. The van der Waals surface area contributed by atoms with Crippen molar-refractivity contribution < 1.29 is 9.90 Å². The van der Waals surface area contributed by atoms with Crippen LogP contribution in [0.15, 0.2) is 12.3 Å². The van der Waals surface area contributed by atoms with E-state index in [4.69, 9.17) is 23.2 Å². The van der Waals surface area contributed by atoms with E-state index in [-0.39, 0.29) is 12.0 Å². The van der Waals surface area contributed by atoms with Gasteiger partial charge >= 0.3 is 6.09 Å². The highest BCUT2D eigenvalue weighted by molar-refractivity contribution is 6.34. The number of amides is 1. The normalized spacial score (nSPS) is 22.2. The third-order valence-corrected chi connectivity index (χ3v) is 3.71. The van der Waals surface area contributed by atoms with Gasteiger partial charge in [0, 0.05) is 23.7 Å². The number of carboxylic acid groups (broad SMARTS) is 1. The molecule has 0 aliphatic heterocycles. The molecule has 0 saturated heterocycles. The van der Waals surface area contributed by atoms with E-state index in [1.165, 1.54) is 4.90 Å². The number of hydrogen-bond acceptors (Lipinski definition) is 2. The number of aromatic nitrogens is 1. The van der Waals surface area contributed by atoms with Crippen LogP contribution < -0.4 is 0 Å². The van der Waals surface area contributed by atoms with E-state index in [0.29, 0.717) is 10.0 Å². The molecule has 1 heterocycles. The predicted octanol–water partition coefficient (Wildman–Crippen LogP) is 4.02. The SMILES string of the molecule is CC(C)(C)N(C(=O)O)C1CC1c1ncc(Cl)cc1Cl. The van der Waals surface area contributed by atoms with E-state index in [1.54, 1.807) is 12.3 Å². The molecule has 1 amide bonds. The maximum Gasteiger partial charge on any atom is 0.408 e. The Bertz CT molecular complexity index is 514. The molecule has 104 valence electrons. The van der Waals surface area contributed by atoms with E-state index in [9.17, 15) is 9.90 Å². The molecule has 1 aromatic rings. The van der Waals surface area contributed by atoms with E-state index in [1.807, 2.05) is 20.8 Å². The van der Waals surface area contributed by atoms with Crippen molar-refractivity contribution in [1.29, 1.82) is 0 Å². The van der Waals surface area contributed by atoms with Crippen LogP contribution in [0.1, 0.15) is 38.8 Å². The van der Waals surface area contributed by atoms with Crippen LogP contribution in [0.2, 0.25) is 10.0 Å². The van der Waals surface area contributed by atoms with Gasteiger partial charge in [0.2, 0.25) is 0 Å². The van der Waals surface area contributed by atoms with Crippen LogP contribution >= 0.6 is 23.2 Å². The standard InChI is InChI=1S/C13H16Cl2N2O2/c1-13(2,3)17(12(18)19)10-5-8(10)11-9(15)4-7(14)6-16-11/h4,6,8,10H,5H2,1-3H3,(H,18,19). The molecule has 6 heteroatoms. The summed E-state index contributed by atoms with van der Waals surface area (Å²) in [6.07, 6.45) is 1.38. The first kappa shape index (κ1) is 14.4. The number of nitrogens with zero attached hydrogens (tertiary/aromatic N) is 2. The summed E-state index contributed by atoms with van der Waals surface area (Å²) < 4.78 is 0. The molecule has 1 aliphatic rings. The molecule has 2 rings (SSSR count). The van der Waals surface area contributed by atoms with Gasteiger partial charge in [0.1, 0.15) is 0 Å². The van der Waals surface area contributed by atoms with Crippen molar-refractivity contribution in [3.05, 3.63) is 28.0 Å². The fourth-order valence-corrected chi connectivity index (χ4v) is 2.91. The minimum Gasteiger partial charge on any atom is -0.465 e. The molecule has 0 radical (unpaired) electrons. The zero-order chi connectivity index (χ0) is 14.4. The Balaban J connectivity index is 2.22. The first-order chi connectivity index (χ1) is 8.71. The lowest BCUT2D eigenvalue weighted by Gasteiger charge is -2.33. The lowest BCUT2D eigenvalue weighted by Crippen LogP contribution is -2.46. The Hall–Kier alpha value is -1.000. The summed E-state index contributed by atoms with van der Waals surface area (Å²) in [5.74, 6) is 0.0556. The zero-order valence-corrected chi connectivity index (χ0v) is 12.5. The molecule has 1 N–H and O–H groups in total. The number of halogens is 2. The Labute approximate surface area is 122 Å². The topological polar surface area (TPSA) is 53.4 Å². The van der Waals surface area contributed by atoms with E-state index >= 15 is 0 Å². The number of pyridine rings is 1. The molecule has 0 aromatic carbocycles. The Morgan fingerprint density at radius 3 is 2.58 bits per heavy atom. The summed E-state index contributed by atoms with van der Waals surface area (Å²) >= 11 is 11.9. The van der Waals surface area contributed by atoms with Gasteiger partial charge in [0.15, 0.2) is 0 Å². The van der Waals surface area contributed by atoms with Crippen molar-refractivity contribution in [2.24, 2.45) is 0 Å². The van der Waals surface area contributed by atoms with Crippen molar-refractivity contribution in [3.63, 3.8) is 0 Å². The second kappa shape index (κ2) is 4.84. The molecule has 2 atom stereocenters. The van der Waals surface area contributed by atoms with Gasteiger partial charge in [-0.1, -0.05) is 23.2 Å². The number of rotatable bonds is 2. The number of hydrogen-bond donors (Lipinski definition) is 1. The quantitative estimate of drug-likeness (QED) is 0.897. The van der Waals surface area contributed by atoms with Gasteiger partial charge in [-0.05, 0) is 33.3 Å². The second-order valence-corrected chi connectivity index (χ2v) is 6.60. The van der Waals surface area contributed by atoms with Crippen LogP contribution in [0.4, 0.5) is 4.79 Å². The van der Waals surface area contributed by atoms with Crippen LogP contribution in [-0.2, 0) is 0 Å². The smallest absolute Gasteiger partial charge is 0.408 e. The summed E-state index contributed by atoms with van der Waals surface area (Å²) in [6.45, 7) is 5.65. The third kappa shape index (κ3) is 2.95. The average molecular weight is 303 g/mol. The molecule has 4 nitrogen and oxygen atoms in total. The van der Waals surface area contributed by atoms with Gasteiger partial charge in [-0.3, -0.25) is 9.88 Å². The zero-order valence-electron chi connectivity index (χ0n) is 11.0. The molecule has 19 heavy (non-hydrogen) atoms. The fraction of sp³-hybridized carbons (Fsp3) is 0.538. The van der Waals surface area contributed by atoms with Gasteiger partial charge in [-0.2, -0.15) is 0 Å². The van der Waals surface area contributed by atoms with E-state index in [0.717, 1.165) is 12.1 Å². The van der Waals surface area contributed by atoms with Gasteiger partial charge in [-0.15, -0.1) is 0 Å². The van der Waals surface area contributed by atoms with Crippen LogP contribution in [0.5, 0.6) is 0 Å². The first-order valence-corrected chi connectivity index (χ1v) is 6.80. The minimum absolute atomic E-state index is 0.0556. The van der Waals surface area contributed by atoms with Crippen LogP contribution in [0, 0.1) is 0 Å². The van der Waals surface area contributed by atoms with Gasteiger partial charge < -0.3 is 5.11 Å². The summed E-state index contributed by atoms with van der Waals surface area (Å²) in [5, 5.41) is 10.3. The van der Waals surface area contributed by atoms with Crippen molar-refractivity contribution in [2.45, 2.75) is 44.7 Å². The largest absolute Gasteiger partial charge is 0.465 e. The first-order valence-electron chi connectivity index (χ1n) is 6.05. The summed E-state index contributed by atoms with van der Waals surface area (Å²) in [6, 6.07) is 1.58. The van der Waals surface area contributed by atoms with Crippen molar-refractivity contribution in [1.82, 2.24) is 9.88 Å². The maximum atomic E-state index is 11.4. The lowest BCUT2D eigenvalue weighted by atomic mass is 10.1. The van der Waals surface area contributed by atoms with E-state index < -0.39 is 11.6 Å². The highest BCUT2D eigenvalue weighted by atomic mass is 35.5. The molecule has 2 unspecified atom stereocenters. The third-order valence-electron chi connectivity index (χ3n) is 3.20. The molecule has 1 aromatic heterocycles. The minimum atomic E-state index is -0.912. The molecular weight excluding hydrogens is 287 g/mol. The van der Waals surface area contributed by atoms with Crippen molar-refractivity contribution >= 4 is 29.3 Å². The molecule has 1 aliphatic carbocycles. The second-order valence-electron chi connectivity index (χ2n) is 5.75. The summed E-state index contributed by atoms with van der Waals surface area (Å²) in [7, 11) is 0. The van der Waals surface area contributed by atoms with Crippen LogP contribution in [0.3, 0.4) is 0 Å². The number of carbonyl (C=O) groups is 1. The molecule has 1 fully saturated rings. The average Bonchev–Trinajstić information content (AvgIpc) is 2.94. The Kier molecular flexibility index (Phi) is 3.67. The molecule has 0 bridgehead atoms. The van der Waals surface area contributed by atoms with Gasteiger partial charge in [0.05, 0.1) is 15.7 Å². The molecular formula is C13H16Cl2N2O2. The maximum absolute atomic E-state index is 11.4. The summed E-state index contributed by atoms with van der Waals surface area (Å²) in [5.41, 5.74) is 0.288. The highest BCUT2D eigenvalue weighted by Crippen LogP contribution is 2.48. The molecule has 1 saturated carbocycles. The summed E-state index contributed by atoms with van der Waals surface area (Å²) in [4.78, 5) is 17.1. The highest BCUT2D eigenvalue weighted by Gasteiger charge is 2.50. The van der Waals surface area contributed by atoms with Crippen LogP contribution in [-0.4, -0.2) is 32.7 Å². The predicted molar refractivity (Wildman–Crippen MR) is 75.0 cm³/mol. The Morgan fingerprint density at radius 2 is 2.11 bits per heavy atom. The van der Waals surface area contributed by atoms with Gasteiger partial charge in [0.25, 0.3) is 0 Å². The Morgan fingerprint density at radius 1 is 1.47 bits per heavy atom. The fourth-order valence-electron chi connectivity index (χ4n) is 2.39. The van der Waals surface area contributed by atoms with Crippen molar-refractivity contribution in [3.8, 4) is 0 Å².